The second-order valence-corrected chi connectivity index (χ2v) is 5.59. The predicted octanol–water partition coefficient (Wildman–Crippen LogP) is -0.0330. The Morgan fingerprint density at radius 1 is 1.06 bits per heavy atom. The quantitative estimate of drug-likeness (QED) is 0.454. The number of aliphatic hydroxyl groups is 2. The van der Waals surface area contributed by atoms with Crippen LogP contribution in [0.2, 0.25) is 0 Å². The van der Waals surface area contributed by atoms with E-state index in [-0.39, 0.29) is 39.1 Å². The van der Waals surface area contributed by atoms with Gasteiger partial charge in [0.2, 0.25) is 0 Å². The van der Waals surface area contributed by atoms with Crippen molar-refractivity contribution in [3.63, 3.8) is 0 Å². The molecule has 0 aliphatic rings. The Hall–Kier alpha value is 0.0300. The topological polar surface area (TPSA) is 101 Å². The van der Waals surface area contributed by atoms with E-state index in [1.165, 1.54) is 4.90 Å². The lowest BCUT2D eigenvalue weighted by Crippen LogP contribution is -2.50. The summed E-state index contributed by atoms with van der Waals surface area (Å²) in [4.78, 5) is 20.4. The molecule has 0 unspecified atom stereocenters. The molecule has 0 aromatic heterocycles. The summed E-state index contributed by atoms with van der Waals surface area (Å²) in [6, 6.07) is 0. The molecule has 0 aromatic carbocycles. The number of nitrogens with zero attached hydrogens (tertiary/aromatic N) is 1. The van der Waals surface area contributed by atoms with Crippen LogP contribution in [0.25, 0.3) is 0 Å². The summed E-state index contributed by atoms with van der Waals surface area (Å²) in [6.07, 6.45) is 0.543. The van der Waals surface area contributed by atoms with Gasteiger partial charge in [-0.3, -0.25) is 9.46 Å². The van der Waals surface area contributed by atoms with E-state index in [9.17, 15) is 14.4 Å². The van der Waals surface area contributed by atoms with Crippen molar-refractivity contribution in [1.82, 2.24) is 4.90 Å². The maximum atomic E-state index is 11.6. The monoisotopic (exact) mass is 255 g/mol. The fourth-order valence-corrected chi connectivity index (χ4v) is 3.46. The van der Waals surface area contributed by atoms with Crippen molar-refractivity contribution in [3.05, 3.63) is 0 Å². The van der Waals surface area contributed by atoms with Crippen LogP contribution in [-0.2, 0) is 4.57 Å². The van der Waals surface area contributed by atoms with Gasteiger partial charge in [0, 0.05) is 13.1 Å². The fraction of sp³-hybridized carbons (Fsp3) is 1.00. The van der Waals surface area contributed by atoms with Gasteiger partial charge in [-0.1, -0.05) is 13.8 Å². The predicted molar refractivity (Wildman–Crippen MR) is 61.1 cm³/mol. The first-order valence-electron chi connectivity index (χ1n) is 5.42. The van der Waals surface area contributed by atoms with E-state index < -0.39 is 12.9 Å². The van der Waals surface area contributed by atoms with Crippen molar-refractivity contribution in [2.45, 2.75) is 32.0 Å². The third kappa shape index (κ3) is 3.26. The van der Waals surface area contributed by atoms with Crippen molar-refractivity contribution in [3.8, 4) is 0 Å². The molecule has 0 radical (unpaired) electrons. The van der Waals surface area contributed by atoms with Crippen LogP contribution < -0.4 is 0 Å². The first kappa shape index (κ1) is 16.0. The zero-order valence-corrected chi connectivity index (χ0v) is 10.7. The molecule has 98 valence electrons. The van der Waals surface area contributed by atoms with E-state index in [1.807, 2.05) is 0 Å². The van der Waals surface area contributed by atoms with Crippen LogP contribution in [0.4, 0.5) is 0 Å². The van der Waals surface area contributed by atoms with Crippen molar-refractivity contribution in [2.24, 2.45) is 0 Å². The van der Waals surface area contributed by atoms with Crippen molar-refractivity contribution < 1.29 is 24.6 Å². The molecule has 0 fully saturated rings. The maximum Gasteiger partial charge on any atom is 0.345 e. The van der Waals surface area contributed by atoms with Crippen LogP contribution in [0.15, 0.2) is 0 Å². The molecule has 7 heteroatoms. The largest absolute Gasteiger partial charge is 0.395 e. The summed E-state index contributed by atoms with van der Waals surface area (Å²) >= 11 is 0. The van der Waals surface area contributed by atoms with E-state index in [0.717, 1.165) is 0 Å². The van der Waals surface area contributed by atoms with Crippen LogP contribution >= 0.6 is 7.60 Å². The molecule has 0 aliphatic heterocycles. The van der Waals surface area contributed by atoms with Gasteiger partial charge in [-0.2, -0.15) is 0 Å². The highest BCUT2D eigenvalue weighted by Gasteiger charge is 2.48. The van der Waals surface area contributed by atoms with Gasteiger partial charge in [-0.25, -0.2) is 0 Å². The highest BCUT2D eigenvalue weighted by atomic mass is 31.2. The zero-order chi connectivity index (χ0) is 12.8. The molecule has 0 bridgehead atoms. The zero-order valence-electron chi connectivity index (χ0n) is 9.83. The molecule has 0 saturated heterocycles. The Balaban J connectivity index is 5.18. The minimum absolute atomic E-state index is 0.146. The molecular weight excluding hydrogens is 233 g/mol. The maximum absolute atomic E-state index is 11.6. The molecule has 0 spiro atoms. The van der Waals surface area contributed by atoms with E-state index >= 15 is 0 Å². The van der Waals surface area contributed by atoms with E-state index in [1.54, 1.807) is 13.8 Å². The van der Waals surface area contributed by atoms with Crippen molar-refractivity contribution in [1.29, 1.82) is 0 Å². The molecule has 4 N–H and O–H groups in total. The van der Waals surface area contributed by atoms with Crippen LogP contribution in [-0.4, -0.2) is 56.5 Å². The lowest BCUT2D eigenvalue weighted by Gasteiger charge is -2.42. The average Bonchev–Trinajstić information content (AvgIpc) is 2.19. The molecule has 0 heterocycles. The number of rotatable bonds is 8. The Kier molecular flexibility index (Phi) is 6.70. The second kappa shape index (κ2) is 6.69. The molecule has 0 rings (SSSR count). The summed E-state index contributed by atoms with van der Waals surface area (Å²) < 4.78 is 11.6. The smallest absolute Gasteiger partial charge is 0.345 e. The molecule has 0 atom stereocenters. The van der Waals surface area contributed by atoms with Crippen molar-refractivity contribution in [2.75, 3.05) is 26.3 Å². The van der Waals surface area contributed by atoms with Gasteiger partial charge >= 0.3 is 7.60 Å². The van der Waals surface area contributed by atoms with Crippen molar-refractivity contribution >= 4 is 7.60 Å². The Morgan fingerprint density at radius 3 is 1.62 bits per heavy atom. The highest BCUT2D eigenvalue weighted by molar-refractivity contribution is 7.53. The highest BCUT2D eigenvalue weighted by Crippen LogP contribution is 2.56. The SMILES string of the molecule is CCC(CC)(N(CCO)CCO)P(=O)(O)O. The lowest BCUT2D eigenvalue weighted by atomic mass is 10.1. The van der Waals surface area contributed by atoms with Crippen LogP contribution in [0.5, 0.6) is 0 Å². The Bertz CT molecular complexity index is 232. The minimum Gasteiger partial charge on any atom is -0.395 e. The fourth-order valence-electron chi connectivity index (χ4n) is 2.06. The van der Waals surface area contributed by atoms with E-state index in [2.05, 4.69) is 0 Å². The third-order valence-corrected chi connectivity index (χ3v) is 5.00. The molecule has 6 nitrogen and oxygen atoms in total. The lowest BCUT2D eigenvalue weighted by molar-refractivity contribution is 0.0757. The summed E-state index contributed by atoms with van der Waals surface area (Å²) in [7, 11) is -4.32. The van der Waals surface area contributed by atoms with Gasteiger partial charge in [-0.05, 0) is 12.8 Å². The van der Waals surface area contributed by atoms with Crippen LogP contribution in [0.1, 0.15) is 26.7 Å². The summed E-state index contributed by atoms with van der Waals surface area (Å²) in [6.45, 7) is 3.30. The number of hydrogen-bond donors (Lipinski definition) is 4. The second-order valence-electron chi connectivity index (χ2n) is 3.67. The van der Waals surface area contributed by atoms with E-state index in [0.29, 0.717) is 0 Å². The summed E-state index contributed by atoms with van der Waals surface area (Å²) in [5, 5.41) is 16.5. The Morgan fingerprint density at radius 2 is 1.44 bits per heavy atom. The molecule has 0 aliphatic carbocycles. The van der Waals surface area contributed by atoms with Gasteiger partial charge in [-0.15, -0.1) is 0 Å². The van der Waals surface area contributed by atoms with Gasteiger partial charge in [0.15, 0.2) is 0 Å². The molecule has 16 heavy (non-hydrogen) atoms. The number of hydrogen-bond acceptors (Lipinski definition) is 4. The standard InChI is InChI=1S/C9H22NO5P/c1-3-9(4-2,16(13,14)15)10(5-7-11)6-8-12/h11-12H,3-8H2,1-2H3,(H2,13,14,15). The van der Waals surface area contributed by atoms with Crippen LogP contribution in [0, 0.1) is 0 Å². The van der Waals surface area contributed by atoms with E-state index in [4.69, 9.17) is 10.2 Å². The first-order valence-corrected chi connectivity index (χ1v) is 7.03. The van der Waals surface area contributed by atoms with Gasteiger partial charge in [0.25, 0.3) is 0 Å². The normalized spacial score (nSPS) is 13.4. The average molecular weight is 255 g/mol. The Labute approximate surface area is 96.1 Å². The summed E-state index contributed by atoms with van der Waals surface area (Å²) in [5.41, 5.74) is 0. The van der Waals surface area contributed by atoms with Gasteiger partial charge in [0.1, 0.15) is 5.28 Å². The third-order valence-electron chi connectivity index (χ3n) is 3.00. The molecule has 0 amide bonds. The molecule has 0 saturated carbocycles. The molecule has 0 aromatic rings. The molecular formula is C9H22NO5P. The first-order chi connectivity index (χ1) is 7.39. The van der Waals surface area contributed by atoms with Gasteiger partial charge in [0.05, 0.1) is 13.2 Å². The summed E-state index contributed by atoms with van der Waals surface area (Å²) in [5.74, 6) is 0. The van der Waals surface area contributed by atoms with Gasteiger partial charge < -0.3 is 20.0 Å². The van der Waals surface area contributed by atoms with Crippen LogP contribution in [0.3, 0.4) is 0 Å². The number of aliphatic hydroxyl groups excluding tert-OH is 2. The minimum atomic E-state index is -4.32.